The Bertz CT molecular complexity index is 287. The van der Waals surface area contributed by atoms with E-state index in [0.29, 0.717) is 0 Å². The third-order valence-corrected chi connectivity index (χ3v) is 2.03. The zero-order valence-corrected chi connectivity index (χ0v) is 6.15. The molecule has 0 amide bonds. The van der Waals surface area contributed by atoms with Gasteiger partial charge in [0, 0.05) is 0 Å². The molecule has 0 saturated heterocycles. The fourth-order valence-corrected chi connectivity index (χ4v) is 1.41. The number of hydrogen-bond donors (Lipinski definition) is 0. The highest BCUT2D eigenvalue weighted by atomic mass is 35.5. The summed E-state index contributed by atoms with van der Waals surface area (Å²) in [5.41, 5.74) is 2.43. The maximum atomic E-state index is 5.85. The first kappa shape index (κ1) is 5.99. The summed E-state index contributed by atoms with van der Waals surface area (Å²) in [4.78, 5) is 0. The van der Waals surface area contributed by atoms with Gasteiger partial charge in [0.05, 0.1) is 5.03 Å². The average Bonchev–Trinajstić information content (AvgIpc) is 2.34. The Hall–Kier alpha value is -0.750. The van der Waals surface area contributed by atoms with Gasteiger partial charge < -0.3 is 0 Å². The number of fused-ring (bicyclic) bond motifs is 1. The van der Waals surface area contributed by atoms with Crippen molar-refractivity contribution in [2.24, 2.45) is 0 Å². The summed E-state index contributed by atoms with van der Waals surface area (Å²) in [7, 11) is 0. The van der Waals surface area contributed by atoms with Crippen molar-refractivity contribution in [2.45, 2.75) is 6.42 Å². The van der Waals surface area contributed by atoms with Gasteiger partial charge in [-0.3, -0.25) is 0 Å². The molecule has 1 aliphatic rings. The Morgan fingerprint density at radius 2 is 2.10 bits per heavy atom. The van der Waals surface area contributed by atoms with Crippen molar-refractivity contribution < 1.29 is 0 Å². The van der Waals surface area contributed by atoms with E-state index in [-0.39, 0.29) is 0 Å². The lowest BCUT2D eigenvalue weighted by molar-refractivity contribution is 1.28. The maximum Gasteiger partial charge on any atom is 0.0520 e. The molecule has 0 atom stereocenters. The molecule has 0 spiro atoms. The molecule has 0 fully saturated rings. The summed E-state index contributed by atoms with van der Waals surface area (Å²) in [5.74, 6) is 0. The van der Waals surface area contributed by atoms with Gasteiger partial charge in [-0.05, 0) is 23.6 Å². The Morgan fingerprint density at radius 1 is 1.30 bits per heavy atom. The van der Waals surface area contributed by atoms with E-state index in [1.807, 2.05) is 18.2 Å². The fraction of sp³-hybridized carbons (Fsp3) is 0.111. The number of allylic oxidation sites excluding steroid dienone is 1. The van der Waals surface area contributed by atoms with Crippen LogP contribution in [0.25, 0.3) is 5.03 Å². The summed E-state index contributed by atoms with van der Waals surface area (Å²) < 4.78 is 0. The van der Waals surface area contributed by atoms with Gasteiger partial charge in [-0.25, -0.2) is 0 Å². The summed E-state index contributed by atoms with van der Waals surface area (Å²) in [5, 5.41) is 0.774. The first-order valence-electron chi connectivity index (χ1n) is 3.22. The van der Waals surface area contributed by atoms with Crippen LogP contribution in [0, 0.1) is 6.08 Å². The number of halogens is 1. The zero-order valence-electron chi connectivity index (χ0n) is 5.39. The number of rotatable bonds is 0. The minimum Gasteiger partial charge on any atom is -0.0833 e. The van der Waals surface area contributed by atoms with Gasteiger partial charge in [0.2, 0.25) is 0 Å². The Labute approximate surface area is 65.1 Å². The van der Waals surface area contributed by atoms with E-state index >= 15 is 0 Å². The molecule has 2 rings (SSSR count). The van der Waals surface area contributed by atoms with E-state index in [2.05, 4.69) is 12.1 Å². The van der Waals surface area contributed by atoms with Crippen molar-refractivity contribution in [3.8, 4) is 0 Å². The predicted molar refractivity (Wildman–Crippen MR) is 42.6 cm³/mol. The van der Waals surface area contributed by atoms with E-state index < -0.39 is 0 Å². The largest absolute Gasteiger partial charge is 0.0833 e. The highest BCUT2D eigenvalue weighted by Crippen LogP contribution is 2.28. The first-order valence-corrected chi connectivity index (χ1v) is 3.60. The molecule has 1 aromatic carbocycles. The van der Waals surface area contributed by atoms with E-state index in [9.17, 15) is 0 Å². The van der Waals surface area contributed by atoms with Crippen LogP contribution < -0.4 is 0 Å². The Kier molecular flexibility index (Phi) is 1.28. The minimum absolute atomic E-state index is 0.774. The van der Waals surface area contributed by atoms with Crippen molar-refractivity contribution in [3.05, 3.63) is 41.5 Å². The van der Waals surface area contributed by atoms with Crippen molar-refractivity contribution in [1.29, 1.82) is 0 Å². The molecule has 1 radical (unpaired) electrons. The molecule has 0 unspecified atom stereocenters. The second kappa shape index (κ2) is 2.14. The Balaban J connectivity index is 2.61. The maximum absolute atomic E-state index is 5.85. The molecule has 1 heteroatoms. The van der Waals surface area contributed by atoms with Crippen molar-refractivity contribution in [3.63, 3.8) is 0 Å². The van der Waals surface area contributed by atoms with Gasteiger partial charge >= 0.3 is 0 Å². The predicted octanol–water partition coefficient (Wildman–Crippen LogP) is 2.63. The molecular formula is C9H6Cl. The van der Waals surface area contributed by atoms with Gasteiger partial charge in [0.1, 0.15) is 0 Å². The van der Waals surface area contributed by atoms with Gasteiger partial charge in [-0.15, -0.1) is 0 Å². The van der Waals surface area contributed by atoms with Crippen LogP contribution in [0.3, 0.4) is 0 Å². The molecule has 1 aliphatic carbocycles. The monoisotopic (exact) mass is 149 g/mol. The highest BCUT2D eigenvalue weighted by Gasteiger charge is 2.09. The average molecular weight is 150 g/mol. The van der Waals surface area contributed by atoms with E-state index in [1.165, 1.54) is 5.56 Å². The highest BCUT2D eigenvalue weighted by molar-refractivity contribution is 6.48. The van der Waals surface area contributed by atoms with Crippen LogP contribution in [0.5, 0.6) is 0 Å². The standard InChI is InChI=1S/C9H6Cl/c10-9-6-5-7-3-1-2-4-8(7)9/h1-4H,5H2. The molecule has 0 nitrogen and oxygen atoms in total. The normalized spacial score (nSPS) is 14.7. The summed E-state index contributed by atoms with van der Waals surface area (Å²) in [6, 6.07) is 8.12. The van der Waals surface area contributed by atoms with E-state index in [4.69, 9.17) is 11.6 Å². The summed E-state index contributed by atoms with van der Waals surface area (Å²) in [6.45, 7) is 0. The van der Waals surface area contributed by atoms with Crippen LogP contribution in [0.1, 0.15) is 11.1 Å². The molecule has 49 valence electrons. The topological polar surface area (TPSA) is 0 Å². The summed E-state index contributed by atoms with van der Waals surface area (Å²) in [6.07, 6.45) is 3.94. The first-order chi connectivity index (χ1) is 4.88. The van der Waals surface area contributed by atoms with Crippen molar-refractivity contribution in [2.75, 3.05) is 0 Å². The van der Waals surface area contributed by atoms with Crippen molar-refractivity contribution in [1.82, 2.24) is 0 Å². The molecule has 0 aromatic heterocycles. The molecule has 0 bridgehead atoms. The van der Waals surface area contributed by atoms with Gasteiger partial charge in [0.25, 0.3) is 0 Å². The van der Waals surface area contributed by atoms with E-state index in [0.717, 1.165) is 17.0 Å². The molecule has 0 N–H and O–H groups in total. The second-order valence-corrected chi connectivity index (χ2v) is 2.70. The van der Waals surface area contributed by atoms with Crippen LogP contribution in [-0.4, -0.2) is 0 Å². The van der Waals surface area contributed by atoms with Crippen LogP contribution in [0.4, 0.5) is 0 Å². The molecule has 0 aliphatic heterocycles. The van der Waals surface area contributed by atoms with Crippen LogP contribution in [0.15, 0.2) is 24.3 Å². The van der Waals surface area contributed by atoms with Crippen LogP contribution >= 0.6 is 11.6 Å². The number of benzene rings is 1. The molecule has 0 heterocycles. The van der Waals surface area contributed by atoms with Gasteiger partial charge in [-0.2, -0.15) is 0 Å². The lowest BCUT2D eigenvalue weighted by Gasteiger charge is -1.95. The van der Waals surface area contributed by atoms with E-state index in [1.54, 1.807) is 0 Å². The SMILES string of the molecule is ClC1=[C]Cc2ccccc21. The third kappa shape index (κ3) is 0.764. The fourth-order valence-electron chi connectivity index (χ4n) is 1.16. The second-order valence-electron chi connectivity index (χ2n) is 2.32. The summed E-state index contributed by atoms with van der Waals surface area (Å²) >= 11 is 5.85. The lowest BCUT2D eigenvalue weighted by Crippen LogP contribution is -1.78. The zero-order chi connectivity index (χ0) is 6.97. The van der Waals surface area contributed by atoms with Crippen molar-refractivity contribution >= 4 is 16.6 Å². The molecule has 10 heavy (non-hydrogen) atoms. The minimum atomic E-state index is 0.774. The Morgan fingerprint density at radius 3 is 2.90 bits per heavy atom. The lowest BCUT2D eigenvalue weighted by atomic mass is 10.1. The van der Waals surface area contributed by atoms with Gasteiger partial charge in [-0.1, -0.05) is 35.9 Å². The quantitative estimate of drug-likeness (QED) is 0.532. The van der Waals surface area contributed by atoms with Gasteiger partial charge in [0.15, 0.2) is 0 Å². The number of hydrogen-bond acceptors (Lipinski definition) is 0. The molecule has 1 aromatic rings. The van der Waals surface area contributed by atoms with Crippen LogP contribution in [0.2, 0.25) is 0 Å². The molecular weight excluding hydrogens is 144 g/mol. The smallest absolute Gasteiger partial charge is 0.0520 e. The third-order valence-electron chi connectivity index (χ3n) is 1.69. The molecule has 0 saturated carbocycles. The van der Waals surface area contributed by atoms with Crippen LogP contribution in [-0.2, 0) is 6.42 Å².